The van der Waals surface area contributed by atoms with Crippen LogP contribution in [-0.2, 0) is 16.2 Å². The summed E-state index contributed by atoms with van der Waals surface area (Å²) in [7, 11) is 0. The number of piperazine rings is 1. The zero-order valence-corrected chi connectivity index (χ0v) is 12.4. The van der Waals surface area contributed by atoms with Crippen molar-refractivity contribution >= 4 is 29.3 Å². The molecule has 0 unspecified atom stereocenters. The predicted octanol–water partition coefficient (Wildman–Crippen LogP) is 0.482. The van der Waals surface area contributed by atoms with Gasteiger partial charge in [-0.2, -0.15) is 0 Å². The summed E-state index contributed by atoms with van der Waals surface area (Å²) in [4.78, 5) is 27.1. The number of nitrogens with zero attached hydrogens (tertiary/aromatic N) is 2. The van der Waals surface area contributed by atoms with Crippen LogP contribution >= 0.6 is 11.3 Å². The molecule has 0 spiro atoms. The fourth-order valence-electron chi connectivity index (χ4n) is 2.14. The lowest BCUT2D eigenvalue weighted by atomic mass is 10.3. The van der Waals surface area contributed by atoms with E-state index in [0.717, 1.165) is 10.4 Å². The van der Waals surface area contributed by atoms with Gasteiger partial charge in [-0.05, 0) is 23.1 Å². The van der Waals surface area contributed by atoms with Crippen molar-refractivity contribution in [2.45, 2.75) is 6.61 Å². The Bertz CT molecular complexity index is 533. The van der Waals surface area contributed by atoms with Crippen molar-refractivity contribution in [2.75, 3.05) is 32.7 Å². The second-order valence-corrected chi connectivity index (χ2v) is 5.79. The van der Waals surface area contributed by atoms with E-state index in [1.54, 1.807) is 11.0 Å². The molecule has 114 valence electrons. The molecule has 1 aliphatic rings. The normalized spacial score (nSPS) is 16.5. The van der Waals surface area contributed by atoms with Crippen molar-refractivity contribution < 1.29 is 19.8 Å². The van der Waals surface area contributed by atoms with E-state index in [1.807, 2.05) is 16.3 Å². The van der Waals surface area contributed by atoms with Crippen LogP contribution in [0.15, 0.2) is 17.5 Å². The van der Waals surface area contributed by atoms with Crippen LogP contribution in [0.25, 0.3) is 6.08 Å². The highest BCUT2D eigenvalue weighted by Crippen LogP contribution is 2.16. The van der Waals surface area contributed by atoms with E-state index in [-0.39, 0.29) is 19.1 Å². The SMILES string of the molecule is O=C(O)CN1CCN(C(=O)C=Cc2cc(CO)cs2)CC1. The number of carboxylic acids is 1. The third-order valence-corrected chi connectivity index (χ3v) is 4.24. The molecule has 0 aromatic carbocycles. The molecule has 2 rings (SSSR count). The van der Waals surface area contributed by atoms with Gasteiger partial charge in [0.25, 0.3) is 0 Å². The summed E-state index contributed by atoms with van der Waals surface area (Å²) in [6, 6.07) is 1.85. The molecule has 1 fully saturated rings. The highest BCUT2D eigenvalue weighted by Gasteiger charge is 2.20. The minimum absolute atomic E-state index is 0.00379. The van der Waals surface area contributed by atoms with Gasteiger partial charge in [-0.25, -0.2) is 0 Å². The molecule has 1 aromatic rings. The number of carbonyl (C=O) groups excluding carboxylic acids is 1. The van der Waals surface area contributed by atoms with Gasteiger partial charge in [-0.3, -0.25) is 14.5 Å². The first-order valence-electron chi connectivity index (χ1n) is 6.68. The number of carboxylic acid groups (broad SMARTS) is 1. The van der Waals surface area contributed by atoms with Crippen LogP contribution in [0.1, 0.15) is 10.4 Å². The number of aliphatic hydroxyl groups excluding tert-OH is 1. The fraction of sp³-hybridized carbons (Fsp3) is 0.429. The van der Waals surface area contributed by atoms with E-state index in [2.05, 4.69) is 0 Å². The third kappa shape index (κ3) is 4.66. The largest absolute Gasteiger partial charge is 0.480 e. The van der Waals surface area contributed by atoms with Gasteiger partial charge in [0.2, 0.25) is 5.91 Å². The Labute approximate surface area is 126 Å². The lowest BCUT2D eigenvalue weighted by molar-refractivity contribution is -0.139. The molecule has 1 amide bonds. The van der Waals surface area contributed by atoms with Crippen molar-refractivity contribution in [3.63, 3.8) is 0 Å². The molecule has 7 heteroatoms. The summed E-state index contributed by atoms with van der Waals surface area (Å²) in [6.45, 7) is 2.28. The van der Waals surface area contributed by atoms with Gasteiger partial charge in [0.05, 0.1) is 13.2 Å². The minimum atomic E-state index is -0.841. The summed E-state index contributed by atoms with van der Waals surface area (Å²) >= 11 is 1.48. The number of aliphatic hydroxyl groups is 1. The van der Waals surface area contributed by atoms with Crippen LogP contribution in [0, 0.1) is 0 Å². The zero-order valence-electron chi connectivity index (χ0n) is 11.6. The molecule has 1 aliphatic heterocycles. The molecule has 0 atom stereocenters. The van der Waals surface area contributed by atoms with Crippen molar-refractivity contribution in [3.8, 4) is 0 Å². The summed E-state index contributed by atoms with van der Waals surface area (Å²) in [6.07, 6.45) is 3.27. The van der Waals surface area contributed by atoms with Crippen molar-refractivity contribution in [1.29, 1.82) is 0 Å². The third-order valence-electron chi connectivity index (χ3n) is 3.29. The molecule has 6 nitrogen and oxygen atoms in total. The Hall–Kier alpha value is -1.70. The maximum atomic E-state index is 12.0. The first-order chi connectivity index (χ1) is 10.1. The first kappa shape index (κ1) is 15.7. The summed E-state index contributed by atoms with van der Waals surface area (Å²) in [5.41, 5.74) is 0.842. The first-order valence-corrected chi connectivity index (χ1v) is 7.56. The van der Waals surface area contributed by atoms with Crippen molar-refractivity contribution in [3.05, 3.63) is 28.0 Å². The molecule has 1 aromatic heterocycles. The summed E-state index contributed by atoms with van der Waals surface area (Å²) in [5.74, 6) is -0.907. The van der Waals surface area contributed by atoms with E-state index in [0.29, 0.717) is 26.2 Å². The lowest BCUT2D eigenvalue weighted by Crippen LogP contribution is -2.49. The molecular weight excluding hydrogens is 292 g/mol. The molecule has 0 radical (unpaired) electrons. The van der Waals surface area contributed by atoms with Crippen LogP contribution < -0.4 is 0 Å². The number of hydrogen-bond acceptors (Lipinski definition) is 5. The van der Waals surface area contributed by atoms with Gasteiger partial charge >= 0.3 is 5.97 Å². The van der Waals surface area contributed by atoms with Crippen LogP contribution in [0.2, 0.25) is 0 Å². The minimum Gasteiger partial charge on any atom is -0.480 e. The lowest BCUT2D eigenvalue weighted by Gasteiger charge is -2.33. The van der Waals surface area contributed by atoms with Gasteiger partial charge in [-0.15, -0.1) is 11.3 Å². The number of aliphatic carboxylic acids is 1. The van der Waals surface area contributed by atoms with Crippen LogP contribution in [0.5, 0.6) is 0 Å². The van der Waals surface area contributed by atoms with Crippen LogP contribution in [-0.4, -0.2) is 64.6 Å². The molecule has 2 heterocycles. The zero-order chi connectivity index (χ0) is 15.2. The standard InChI is InChI=1S/C14H18N2O4S/c17-9-11-7-12(21-10-11)1-2-13(18)16-5-3-15(4-6-16)8-14(19)20/h1-2,7,10,17H,3-6,8-9H2,(H,19,20). The average molecular weight is 310 g/mol. The van der Waals surface area contributed by atoms with E-state index >= 15 is 0 Å². The van der Waals surface area contributed by atoms with E-state index in [9.17, 15) is 9.59 Å². The maximum Gasteiger partial charge on any atom is 0.317 e. The van der Waals surface area contributed by atoms with Gasteiger partial charge in [0.15, 0.2) is 0 Å². The van der Waals surface area contributed by atoms with E-state index in [4.69, 9.17) is 10.2 Å². The number of thiophene rings is 1. The monoisotopic (exact) mass is 310 g/mol. The summed E-state index contributed by atoms with van der Waals surface area (Å²) < 4.78 is 0. The Balaban J connectivity index is 1.83. The van der Waals surface area contributed by atoms with Gasteiger partial charge in [0, 0.05) is 37.1 Å². The quantitative estimate of drug-likeness (QED) is 0.773. The number of carbonyl (C=O) groups is 2. The van der Waals surface area contributed by atoms with Crippen LogP contribution in [0.4, 0.5) is 0 Å². The molecule has 21 heavy (non-hydrogen) atoms. The Morgan fingerprint density at radius 1 is 1.29 bits per heavy atom. The Kier molecular flexibility index (Phi) is 5.49. The van der Waals surface area contributed by atoms with E-state index < -0.39 is 5.97 Å². The van der Waals surface area contributed by atoms with Gasteiger partial charge < -0.3 is 15.1 Å². The van der Waals surface area contributed by atoms with Crippen molar-refractivity contribution in [1.82, 2.24) is 9.80 Å². The molecule has 1 saturated heterocycles. The highest BCUT2D eigenvalue weighted by molar-refractivity contribution is 7.11. The number of hydrogen-bond donors (Lipinski definition) is 2. The number of rotatable bonds is 5. The van der Waals surface area contributed by atoms with Crippen LogP contribution in [0.3, 0.4) is 0 Å². The molecule has 0 aliphatic carbocycles. The topological polar surface area (TPSA) is 81.1 Å². The highest BCUT2D eigenvalue weighted by atomic mass is 32.1. The van der Waals surface area contributed by atoms with E-state index in [1.165, 1.54) is 17.4 Å². The fourth-order valence-corrected chi connectivity index (χ4v) is 2.94. The number of amides is 1. The molecule has 2 N–H and O–H groups in total. The molecule has 0 saturated carbocycles. The Morgan fingerprint density at radius 2 is 2.00 bits per heavy atom. The smallest absolute Gasteiger partial charge is 0.317 e. The van der Waals surface area contributed by atoms with Gasteiger partial charge in [-0.1, -0.05) is 0 Å². The average Bonchev–Trinajstić information content (AvgIpc) is 2.93. The van der Waals surface area contributed by atoms with Crippen molar-refractivity contribution in [2.24, 2.45) is 0 Å². The summed E-state index contributed by atoms with van der Waals surface area (Å²) in [5, 5.41) is 19.6. The maximum absolute atomic E-state index is 12.0. The predicted molar refractivity (Wildman–Crippen MR) is 79.9 cm³/mol. The second kappa shape index (κ2) is 7.35. The molecule has 0 bridgehead atoms. The van der Waals surface area contributed by atoms with Gasteiger partial charge in [0.1, 0.15) is 0 Å². The second-order valence-electron chi connectivity index (χ2n) is 4.84. The molecular formula is C14H18N2O4S. The Morgan fingerprint density at radius 3 is 2.57 bits per heavy atom.